The number of aliphatic imine (C=N–C) groups is 1. The molecule has 1 fully saturated rings. The summed E-state index contributed by atoms with van der Waals surface area (Å²) in [6.45, 7) is 3.47. The number of rotatable bonds is 5. The quantitative estimate of drug-likeness (QED) is 0.486. The number of hydrogen-bond acceptors (Lipinski definition) is 2. The van der Waals surface area contributed by atoms with Crippen molar-refractivity contribution < 1.29 is 4.79 Å². The third kappa shape index (κ3) is 4.38. The fourth-order valence-corrected chi connectivity index (χ4v) is 4.06. The third-order valence-corrected chi connectivity index (χ3v) is 5.86. The molecular formula is C22H25BrN4O. The lowest BCUT2D eigenvalue weighted by Gasteiger charge is -2.24. The predicted molar refractivity (Wildman–Crippen MR) is 117 cm³/mol. The number of carbonyl (C=O) groups excluding carboxylic acids is 1. The van der Waals surface area contributed by atoms with Crippen molar-refractivity contribution in [2.45, 2.75) is 37.6 Å². The normalized spacial score (nSPS) is 23.6. The lowest BCUT2D eigenvalue weighted by atomic mass is 9.91. The molecule has 2 aromatic carbocycles. The Hall–Kier alpha value is -2.34. The second-order valence-corrected chi connectivity index (χ2v) is 8.32. The molecule has 3 unspecified atom stereocenters. The molecule has 1 aliphatic carbocycles. The zero-order valence-corrected chi connectivity index (χ0v) is 17.5. The number of para-hydroxylation sites is 1. The number of nitrogens with one attached hydrogen (secondary N) is 3. The molecule has 0 radical (unpaired) electrons. The minimum atomic E-state index is 0.0642. The standard InChI is InChI=1S/C22H25BrN4O/c1-2-24-22(27-20-12-18(20)14-7-9-16(23)10-8-14)25-13-15-11-21(28)26-19-6-4-3-5-17(15)19/h3-10,15,18,20H,2,11-13H2,1H3,(H,26,28)(H2,24,25,27). The summed E-state index contributed by atoms with van der Waals surface area (Å²) >= 11 is 3.49. The zero-order chi connectivity index (χ0) is 19.5. The van der Waals surface area contributed by atoms with Crippen molar-refractivity contribution in [3.63, 3.8) is 0 Å². The van der Waals surface area contributed by atoms with Gasteiger partial charge in [-0.25, -0.2) is 0 Å². The first-order chi connectivity index (χ1) is 13.6. The van der Waals surface area contributed by atoms with Gasteiger partial charge in [0.2, 0.25) is 5.91 Å². The molecule has 5 nitrogen and oxygen atoms in total. The molecule has 1 saturated carbocycles. The highest BCUT2D eigenvalue weighted by Gasteiger charge is 2.39. The van der Waals surface area contributed by atoms with Crippen LogP contribution in [0.1, 0.15) is 42.7 Å². The first-order valence-electron chi connectivity index (χ1n) is 9.83. The number of anilines is 1. The minimum absolute atomic E-state index is 0.0642. The number of amides is 1. The van der Waals surface area contributed by atoms with Crippen molar-refractivity contribution in [3.8, 4) is 0 Å². The van der Waals surface area contributed by atoms with E-state index in [-0.39, 0.29) is 11.8 Å². The average molecular weight is 441 g/mol. The topological polar surface area (TPSA) is 65.5 Å². The zero-order valence-electron chi connectivity index (χ0n) is 15.9. The van der Waals surface area contributed by atoms with Crippen LogP contribution < -0.4 is 16.0 Å². The Kier molecular flexibility index (Phi) is 5.67. The molecular weight excluding hydrogens is 416 g/mol. The molecule has 6 heteroatoms. The largest absolute Gasteiger partial charge is 0.357 e. The van der Waals surface area contributed by atoms with Crippen LogP contribution in [0.4, 0.5) is 5.69 Å². The van der Waals surface area contributed by atoms with Crippen LogP contribution in [-0.4, -0.2) is 31.0 Å². The molecule has 3 atom stereocenters. The molecule has 0 bridgehead atoms. The fourth-order valence-electron chi connectivity index (χ4n) is 3.79. The SMILES string of the molecule is CCNC(=NCC1CC(=O)Nc2ccccc21)NC1CC1c1ccc(Br)cc1. The Morgan fingerprint density at radius 1 is 1.21 bits per heavy atom. The number of guanidine groups is 1. The molecule has 1 amide bonds. The number of nitrogens with zero attached hydrogens (tertiary/aromatic N) is 1. The molecule has 2 aliphatic rings. The van der Waals surface area contributed by atoms with E-state index in [4.69, 9.17) is 4.99 Å². The highest BCUT2D eigenvalue weighted by Crippen LogP contribution is 2.41. The van der Waals surface area contributed by atoms with E-state index in [2.05, 4.69) is 69.1 Å². The maximum Gasteiger partial charge on any atom is 0.225 e. The summed E-state index contributed by atoms with van der Waals surface area (Å²) in [5, 5.41) is 9.85. The van der Waals surface area contributed by atoms with Crippen LogP contribution in [0.2, 0.25) is 0 Å². The van der Waals surface area contributed by atoms with Crippen LogP contribution in [0.15, 0.2) is 58.0 Å². The molecule has 0 aromatic heterocycles. The van der Waals surface area contributed by atoms with Crippen LogP contribution in [0.5, 0.6) is 0 Å². The van der Waals surface area contributed by atoms with Gasteiger partial charge in [-0.2, -0.15) is 0 Å². The van der Waals surface area contributed by atoms with Crippen LogP contribution in [0.3, 0.4) is 0 Å². The van der Waals surface area contributed by atoms with Crippen molar-refractivity contribution in [3.05, 3.63) is 64.1 Å². The summed E-state index contributed by atoms with van der Waals surface area (Å²) in [6.07, 6.45) is 1.59. The Balaban J connectivity index is 1.42. The van der Waals surface area contributed by atoms with Gasteiger partial charge in [-0.05, 0) is 42.7 Å². The summed E-state index contributed by atoms with van der Waals surface area (Å²) in [7, 11) is 0. The van der Waals surface area contributed by atoms with Crippen LogP contribution in [0, 0.1) is 0 Å². The van der Waals surface area contributed by atoms with Gasteiger partial charge in [-0.3, -0.25) is 9.79 Å². The summed E-state index contributed by atoms with van der Waals surface area (Å²) < 4.78 is 1.10. The van der Waals surface area contributed by atoms with Gasteiger partial charge in [0.25, 0.3) is 0 Å². The van der Waals surface area contributed by atoms with Gasteiger partial charge in [-0.1, -0.05) is 46.3 Å². The monoisotopic (exact) mass is 440 g/mol. The van der Waals surface area contributed by atoms with E-state index in [0.717, 1.165) is 29.1 Å². The van der Waals surface area contributed by atoms with E-state index < -0.39 is 0 Å². The number of fused-ring (bicyclic) bond motifs is 1. The highest BCUT2D eigenvalue weighted by molar-refractivity contribution is 9.10. The predicted octanol–water partition coefficient (Wildman–Crippen LogP) is 3.99. The van der Waals surface area contributed by atoms with Crippen molar-refractivity contribution >= 4 is 33.5 Å². The summed E-state index contributed by atoms with van der Waals surface area (Å²) in [5.41, 5.74) is 3.43. The van der Waals surface area contributed by atoms with Gasteiger partial charge in [0.05, 0.1) is 6.54 Å². The molecule has 28 heavy (non-hydrogen) atoms. The number of benzene rings is 2. The van der Waals surface area contributed by atoms with Gasteiger partial charge in [0.15, 0.2) is 5.96 Å². The van der Waals surface area contributed by atoms with E-state index in [1.165, 1.54) is 11.1 Å². The molecule has 1 aliphatic heterocycles. The number of hydrogen-bond donors (Lipinski definition) is 3. The number of carbonyl (C=O) groups is 1. The highest BCUT2D eigenvalue weighted by atomic mass is 79.9. The van der Waals surface area contributed by atoms with Gasteiger partial charge in [0.1, 0.15) is 0 Å². The van der Waals surface area contributed by atoms with E-state index in [1.807, 2.05) is 18.2 Å². The number of halogens is 1. The van der Waals surface area contributed by atoms with Crippen molar-refractivity contribution in [1.82, 2.24) is 10.6 Å². The average Bonchev–Trinajstić information content (AvgIpc) is 3.45. The first-order valence-corrected chi connectivity index (χ1v) is 10.6. The summed E-state index contributed by atoms with van der Waals surface area (Å²) in [5.74, 6) is 1.53. The van der Waals surface area contributed by atoms with E-state index in [9.17, 15) is 4.79 Å². The summed E-state index contributed by atoms with van der Waals surface area (Å²) in [6, 6.07) is 17.0. The fraction of sp³-hybridized carbons (Fsp3) is 0.364. The Bertz CT molecular complexity index is 880. The lowest BCUT2D eigenvalue weighted by Crippen LogP contribution is -2.39. The van der Waals surface area contributed by atoms with Crippen LogP contribution in [-0.2, 0) is 4.79 Å². The van der Waals surface area contributed by atoms with Gasteiger partial charge < -0.3 is 16.0 Å². The molecule has 3 N–H and O–H groups in total. The van der Waals surface area contributed by atoms with Crippen LogP contribution >= 0.6 is 15.9 Å². The smallest absolute Gasteiger partial charge is 0.225 e. The van der Waals surface area contributed by atoms with Gasteiger partial charge in [0, 0.05) is 41.0 Å². The molecule has 146 valence electrons. The van der Waals surface area contributed by atoms with Crippen molar-refractivity contribution in [1.29, 1.82) is 0 Å². The molecule has 0 spiro atoms. The Morgan fingerprint density at radius 3 is 2.79 bits per heavy atom. The minimum Gasteiger partial charge on any atom is -0.357 e. The first kappa shape index (κ1) is 19.0. The molecule has 2 aromatic rings. The Labute approximate surface area is 174 Å². The molecule has 1 heterocycles. The third-order valence-electron chi connectivity index (χ3n) is 5.33. The van der Waals surface area contributed by atoms with Gasteiger partial charge in [-0.15, -0.1) is 0 Å². The lowest BCUT2D eigenvalue weighted by molar-refractivity contribution is -0.116. The van der Waals surface area contributed by atoms with E-state index in [1.54, 1.807) is 0 Å². The maximum atomic E-state index is 12.0. The van der Waals surface area contributed by atoms with E-state index >= 15 is 0 Å². The second-order valence-electron chi connectivity index (χ2n) is 7.40. The van der Waals surface area contributed by atoms with Crippen LogP contribution in [0.25, 0.3) is 0 Å². The molecule has 0 saturated heterocycles. The summed E-state index contributed by atoms with van der Waals surface area (Å²) in [4.78, 5) is 16.8. The van der Waals surface area contributed by atoms with Crippen molar-refractivity contribution in [2.24, 2.45) is 4.99 Å². The maximum absolute atomic E-state index is 12.0. The molecule has 4 rings (SSSR count). The second kappa shape index (κ2) is 8.35. The Morgan fingerprint density at radius 2 is 2.00 bits per heavy atom. The van der Waals surface area contributed by atoms with Crippen molar-refractivity contribution in [2.75, 3.05) is 18.4 Å². The van der Waals surface area contributed by atoms with Gasteiger partial charge >= 0.3 is 0 Å². The van der Waals surface area contributed by atoms with E-state index in [0.29, 0.717) is 24.9 Å².